The zero-order valence-corrected chi connectivity index (χ0v) is 9.71. The van der Waals surface area contributed by atoms with Crippen LogP contribution >= 0.6 is 0 Å². The molecule has 0 aromatic heterocycles. The first kappa shape index (κ1) is 13.9. The number of methoxy groups -OCH3 is 1. The Morgan fingerprint density at radius 3 is 2.60 bits per heavy atom. The third kappa shape index (κ3) is 6.07. The van der Waals surface area contributed by atoms with Gasteiger partial charge < -0.3 is 4.74 Å². The first-order valence-electron chi connectivity index (χ1n) is 4.58. The van der Waals surface area contributed by atoms with Crippen LogP contribution in [-0.4, -0.2) is 33.0 Å². The Morgan fingerprint density at radius 2 is 2.13 bits per heavy atom. The van der Waals surface area contributed by atoms with Crippen molar-refractivity contribution in [1.82, 2.24) is 0 Å². The molecule has 0 N–H and O–H groups in total. The predicted octanol–water partition coefficient (Wildman–Crippen LogP) is 0.514. The number of nitrogens with zero attached hydrogens (tertiary/aromatic N) is 1. The van der Waals surface area contributed by atoms with Gasteiger partial charge in [0.25, 0.3) is 0 Å². The van der Waals surface area contributed by atoms with Crippen molar-refractivity contribution in [3.63, 3.8) is 0 Å². The van der Waals surface area contributed by atoms with Crippen molar-refractivity contribution in [3.8, 4) is 6.07 Å². The summed E-state index contributed by atoms with van der Waals surface area (Å²) in [5.74, 6) is -1.45. The molecule has 0 spiro atoms. The van der Waals surface area contributed by atoms with Gasteiger partial charge in [-0.1, -0.05) is 6.92 Å². The summed E-state index contributed by atoms with van der Waals surface area (Å²) in [7, 11) is -2.04. The Morgan fingerprint density at radius 1 is 1.53 bits per heavy atom. The predicted molar refractivity (Wildman–Crippen MR) is 54.7 cm³/mol. The van der Waals surface area contributed by atoms with E-state index in [1.54, 1.807) is 0 Å². The molecule has 0 aromatic carbocycles. The second kappa shape index (κ2) is 6.40. The molecule has 1 unspecified atom stereocenters. The molecule has 5 nitrogen and oxygen atoms in total. The van der Waals surface area contributed by atoms with Crippen LogP contribution in [0, 0.1) is 17.2 Å². The highest BCUT2D eigenvalue weighted by Gasteiger charge is 2.21. The lowest BCUT2D eigenvalue weighted by Crippen LogP contribution is -2.24. The minimum absolute atomic E-state index is 0.0537. The van der Waals surface area contributed by atoms with Crippen LogP contribution in [0.15, 0.2) is 0 Å². The molecule has 0 aromatic rings. The number of carbonyl (C=O) groups excluding carboxylic acids is 1. The molecule has 0 fully saturated rings. The van der Waals surface area contributed by atoms with E-state index in [1.165, 1.54) is 14.0 Å². The molecule has 0 saturated heterocycles. The topological polar surface area (TPSA) is 84.2 Å². The molecule has 1 atom stereocenters. The van der Waals surface area contributed by atoms with Crippen molar-refractivity contribution in [2.45, 2.75) is 19.8 Å². The second-order valence-electron chi connectivity index (χ2n) is 3.30. The fourth-order valence-electron chi connectivity index (χ4n) is 1.10. The molecule has 0 aliphatic carbocycles. The Balaban J connectivity index is 4.15. The minimum Gasteiger partial charge on any atom is -0.469 e. The van der Waals surface area contributed by atoms with Gasteiger partial charge in [0.2, 0.25) is 0 Å². The summed E-state index contributed by atoms with van der Waals surface area (Å²) in [6.45, 7) is 1.51. The van der Waals surface area contributed by atoms with Crippen molar-refractivity contribution in [1.29, 1.82) is 5.26 Å². The molecule has 0 aliphatic heterocycles. The maximum Gasteiger partial charge on any atom is 0.309 e. The van der Waals surface area contributed by atoms with E-state index in [0.717, 1.165) is 0 Å². The molecule has 0 amide bonds. The van der Waals surface area contributed by atoms with E-state index >= 15 is 0 Å². The van der Waals surface area contributed by atoms with E-state index in [2.05, 4.69) is 4.74 Å². The molecule has 0 heterocycles. The summed E-state index contributed by atoms with van der Waals surface area (Å²) in [4.78, 5) is 11.0. The number of sulfone groups is 1. The van der Waals surface area contributed by atoms with Gasteiger partial charge in [-0.2, -0.15) is 5.26 Å². The summed E-state index contributed by atoms with van der Waals surface area (Å²) < 4.78 is 27.3. The van der Waals surface area contributed by atoms with Crippen LogP contribution < -0.4 is 0 Å². The maximum atomic E-state index is 11.4. The maximum absolute atomic E-state index is 11.4. The summed E-state index contributed by atoms with van der Waals surface area (Å²) in [6, 6.07) is 1.87. The van der Waals surface area contributed by atoms with Gasteiger partial charge in [0, 0.05) is 6.42 Å². The first-order valence-corrected chi connectivity index (χ1v) is 6.40. The largest absolute Gasteiger partial charge is 0.469 e. The fraction of sp³-hybridized carbons (Fsp3) is 0.778. The third-order valence-corrected chi connectivity index (χ3v) is 3.77. The van der Waals surface area contributed by atoms with Crippen LogP contribution in [0.3, 0.4) is 0 Å². The molecule has 0 rings (SSSR count). The highest BCUT2D eigenvalue weighted by molar-refractivity contribution is 7.91. The van der Waals surface area contributed by atoms with E-state index in [9.17, 15) is 13.2 Å². The van der Waals surface area contributed by atoms with Crippen LogP contribution in [0.25, 0.3) is 0 Å². The summed E-state index contributed by atoms with van der Waals surface area (Å²) in [5.41, 5.74) is 0. The Bertz CT molecular complexity index is 342. The highest BCUT2D eigenvalue weighted by atomic mass is 32.2. The van der Waals surface area contributed by atoms with Crippen molar-refractivity contribution in [2.24, 2.45) is 5.92 Å². The van der Waals surface area contributed by atoms with Crippen LogP contribution in [0.1, 0.15) is 19.8 Å². The number of hydrogen-bond acceptors (Lipinski definition) is 5. The average Bonchev–Trinajstić information content (AvgIpc) is 2.16. The summed E-state index contributed by atoms with van der Waals surface area (Å²) in [5, 5.41) is 8.25. The first-order chi connectivity index (χ1) is 6.93. The number of rotatable bonds is 6. The Kier molecular flexibility index (Phi) is 5.94. The number of carbonyl (C=O) groups is 1. The molecule has 0 bridgehead atoms. The van der Waals surface area contributed by atoms with Crippen LogP contribution in [0.2, 0.25) is 0 Å². The van der Waals surface area contributed by atoms with Crippen LogP contribution in [-0.2, 0) is 19.4 Å². The molecule has 0 aliphatic rings. The number of nitriles is 1. The lowest BCUT2D eigenvalue weighted by molar-refractivity contribution is -0.144. The van der Waals surface area contributed by atoms with Crippen molar-refractivity contribution >= 4 is 15.8 Å². The van der Waals surface area contributed by atoms with E-state index in [4.69, 9.17) is 5.26 Å². The van der Waals surface area contributed by atoms with Gasteiger partial charge in [-0.05, 0) is 6.42 Å². The van der Waals surface area contributed by atoms with Gasteiger partial charge in [0.15, 0.2) is 9.84 Å². The van der Waals surface area contributed by atoms with Crippen LogP contribution in [0.5, 0.6) is 0 Å². The molecule has 15 heavy (non-hydrogen) atoms. The molecular formula is C9H15NO4S. The summed E-state index contributed by atoms with van der Waals surface area (Å²) in [6.07, 6.45) is 0.526. The number of unbranched alkanes of at least 4 members (excludes halogenated alkanes) is 1. The van der Waals surface area contributed by atoms with Gasteiger partial charge in [-0.15, -0.1) is 0 Å². The van der Waals surface area contributed by atoms with Gasteiger partial charge in [-0.25, -0.2) is 8.42 Å². The molecular weight excluding hydrogens is 218 g/mol. The number of ether oxygens (including phenoxy) is 1. The van der Waals surface area contributed by atoms with Gasteiger partial charge in [-0.3, -0.25) is 4.79 Å². The normalized spacial score (nSPS) is 12.9. The third-order valence-electron chi connectivity index (χ3n) is 1.85. The average molecular weight is 233 g/mol. The van der Waals surface area contributed by atoms with E-state index in [1.807, 2.05) is 6.07 Å². The van der Waals surface area contributed by atoms with Crippen molar-refractivity contribution < 1.29 is 17.9 Å². The number of hydrogen-bond donors (Lipinski definition) is 0. The van der Waals surface area contributed by atoms with E-state index < -0.39 is 21.7 Å². The Hall–Kier alpha value is -1.09. The SMILES string of the molecule is COC(=O)C(C)CS(=O)(=O)CCCC#N. The molecule has 0 radical (unpaired) electrons. The molecule has 6 heteroatoms. The standard InChI is InChI=1S/C9H15NO4S/c1-8(9(11)14-2)7-15(12,13)6-4-3-5-10/h8H,3-4,6-7H2,1-2H3. The lowest BCUT2D eigenvalue weighted by atomic mass is 10.2. The smallest absolute Gasteiger partial charge is 0.309 e. The monoisotopic (exact) mass is 233 g/mol. The molecule has 86 valence electrons. The highest BCUT2D eigenvalue weighted by Crippen LogP contribution is 2.06. The fourth-order valence-corrected chi connectivity index (χ4v) is 2.75. The van der Waals surface area contributed by atoms with E-state index in [0.29, 0.717) is 6.42 Å². The lowest BCUT2D eigenvalue weighted by Gasteiger charge is -2.08. The number of esters is 1. The van der Waals surface area contributed by atoms with Gasteiger partial charge in [0.05, 0.1) is 30.6 Å². The van der Waals surface area contributed by atoms with Crippen molar-refractivity contribution in [3.05, 3.63) is 0 Å². The zero-order valence-electron chi connectivity index (χ0n) is 8.89. The minimum atomic E-state index is -3.26. The van der Waals surface area contributed by atoms with Crippen molar-refractivity contribution in [2.75, 3.05) is 18.6 Å². The zero-order chi connectivity index (χ0) is 11.9. The Labute approximate surface area is 90.0 Å². The molecule has 0 saturated carbocycles. The summed E-state index contributed by atoms with van der Waals surface area (Å²) >= 11 is 0. The quantitative estimate of drug-likeness (QED) is 0.493. The second-order valence-corrected chi connectivity index (χ2v) is 5.53. The van der Waals surface area contributed by atoms with Gasteiger partial charge in [0.1, 0.15) is 0 Å². The van der Waals surface area contributed by atoms with Crippen LogP contribution in [0.4, 0.5) is 0 Å². The van der Waals surface area contributed by atoms with E-state index in [-0.39, 0.29) is 17.9 Å². The van der Waals surface area contributed by atoms with Gasteiger partial charge >= 0.3 is 5.97 Å².